The topological polar surface area (TPSA) is 112 Å². The predicted molar refractivity (Wildman–Crippen MR) is 181 cm³/mol. The first kappa shape index (κ1) is 31.2. The van der Waals surface area contributed by atoms with Crippen molar-refractivity contribution in [2.75, 3.05) is 17.2 Å². The second-order valence-corrected chi connectivity index (χ2v) is 11.4. The first-order valence-electron chi connectivity index (χ1n) is 14.7. The number of H-pyrrole nitrogens is 1. The predicted octanol–water partition coefficient (Wildman–Crippen LogP) is 7.49. The molecule has 5 rings (SSSR count). The first-order chi connectivity index (χ1) is 21.9. The van der Waals surface area contributed by atoms with E-state index in [-0.39, 0.29) is 16.9 Å². The molecular weight excluding hydrogens is 584 g/mol. The molecule has 5 aromatic rings. The Bertz CT molecular complexity index is 1830. The summed E-state index contributed by atoms with van der Waals surface area (Å²) in [5.41, 5.74) is 3.35. The van der Waals surface area contributed by atoms with Crippen molar-refractivity contribution in [3.8, 4) is 5.75 Å². The SMILES string of the molecule is CCOc1ccccc1NC(=O)C(CC)Sc1cccc(NC(=O)/C(=C/c2c[nH]c3ccccc23)NC(=O)c2ccccc2)c1. The lowest BCUT2D eigenvalue weighted by Gasteiger charge is -2.17. The molecule has 1 atom stereocenters. The minimum atomic E-state index is -0.482. The van der Waals surface area contributed by atoms with Crippen molar-refractivity contribution in [1.29, 1.82) is 0 Å². The summed E-state index contributed by atoms with van der Waals surface area (Å²) < 4.78 is 5.65. The number of aromatic nitrogens is 1. The number of para-hydroxylation sites is 3. The van der Waals surface area contributed by atoms with E-state index in [1.165, 1.54) is 11.8 Å². The molecule has 0 saturated heterocycles. The van der Waals surface area contributed by atoms with Gasteiger partial charge in [-0.1, -0.05) is 61.5 Å². The van der Waals surface area contributed by atoms with Crippen LogP contribution in [-0.4, -0.2) is 34.6 Å². The van der Waals surface area contributed by atoms with Crippen molar-refractivity contribution >= 4 is 57.8 Å². The lowest BCUT2D eigenvalue weighted by molar-refractivity contribution is -0.116. The number of ether oxygens (including phenoxy) is 1. The molecule has 9 heteroatoms. The maximum Gasteiger partial charge on any atom is 0.272 e. The Kier molecular flexibility index (Phi) is 10.3. The molecule has 0 aliphatic rings. The molecule has 8 nitrogen and oxygen atoms in total. The summed E-state index contributed by atoms with van der Waals surface area (Å²) in [6, 6.07) is 31.1. The quantitative estimate of drug-likeness (QED) is 0.0855. The van der Waals surface area contributed by atoms with Gasteiger partial charge in [-0.05, 0) is 68.0 Å². The van der Waals surface area contributed by atoms with Crippen molar-refractivity contribution in [3.63, 3.8) is 0 Å². The monoisotopic (exact) mass is 618 g/mol. The summed E-state index contributed by atoms with van der Waals surface area (Å²) in [7, 11) is 0. The van der Waals surface area contributed by atoms with Gasteiger partial charge in [0.25, 0.3) is 11.8 Å². The molecule has 228 valence electrons. The number of thioether (sulfide) groups is 1. The maximum absolute atomic E-state index is 13.6. The number of hydrogen-bond acceptors (Lipinski definition) is 5. The van der Waals surface area contributed by atoms with Crippen molar-refractivity contribution in [2.24, 2.45) is 0 Å². The third kappa shape index (κ3) is 8.01. The van der Waals surface area contributed by atoms with Crippen LogP contribution < -0.4 is 20.7 Å². The van der Waals surface area contributed by atoms with E-state index >= 15 is 0 Å². The molecule has 4 N–H and O–H groups in total. The van der Waals surface area contributed by atoms with Crippen LogP contribution in [0.15, 0.2) is 120 Å². The van der Waals surface area contributed by atoms with E-state index in [0.29, 0.717) is 35.7 Å². The van der Waals surface area contributed by atoms with E-state index in [2.05, 4.69) is 20.9 Å². The van der Waals surface area contributed by atoms with E-state index in [4.69, 9.17) is 4.74 Å². The smallest absolute Gasteiger partial charge is 0.272 e. The molecule has 1 aromatic heterocycles. The number of nitrogens with one attached hydrogen (secondary N) is 4. The molecule has 45 heavy (non-hydrogen) atoms. The van der Waals surface area contributed by atoms with Gasteiger partial charge >= 0.3 is 0 Å². The van der Waals surface area contributed by atoms with Crippen LogP contribution in [0.25, 0.3) is 17.0 Å². The molecule has 1 heterocycles. The van der Waals surface area contributed by atoms with Crippen molar-refractivity contribution in [1.82, 2.24) is 10.3 Å². The number of rotatable bonds is 12. The van der Waals surface area contributed by atoms with E-state index in [1.54, 1.807) is 42.6 Å². The summed E-state index contributed by atoms with van der Waals surface area (Å²) in [5.74, 6) is -0.404. The molecule has 3 amide bonds. The summed E-state index contributed by atoms with van der Waals surface area (Å²) in [6.45, 7) is 4.34. The van der Waals surface area contributed by atoms with Gasteiger partial charge in [0, 0.05) is 38.8 Å². The number of fused-ring (bicyclic) bond motifs is 1. The van der Waals surface area contributed by atoms with Crippen LogP contribution in [0.5, 0.6) is 5.75 Å². The number of aromatic amines is 1. The summed E-state index contributed by atoms with van der Waals surface area (Å²) in [6.07, 6.45) is 4.05. The van der Waals surface area contributed by atoms with Gasteiger partial charge in [-0.25, -0.2) is 0 Å². The van der Waals surface area contributed by atoms with Crippen LogP contribution in [0, 0.1) is 0 Å². The van der Waals surface area contributed by atoms with E-state index < -0.39 is 11.8 Å². The Morgan fingerprint density at radius 3 is 2.42 bits per heavy atom. The largest absolute Gasteiger partial charge is 0.492 e. The maximum atomic E-state index is 13.6. The molecule has 0 fully saturated rings. The highest BCUT2D eigenvalue weighted by Crippen LogP contribution is 2.30. The van der Waals surface area contributed by atoms with Gasteiger partial charge in [-0.3, -0.25) is 14.4 Å². The molecule has 0 saturated carbocycles. The zero-order chi connectivity index (χ0) is 31.6. The van der Waals surface area contributed by atoms with Crippen molar-refractivity contribution < 1.29 is 19.1 Å². The number of amides is 3. The van der Waals surface area contributed by atoms with Crippen LogP contribution in [-0.2, 0) is 9.59 Å². The fourth-order valence-corrected chi connectivity index (χ4v) is 5.72. The highest BCUT2D eigenvalue weighted by atomic mass is 32.2. The van der Waals surface area contributed by atoms with Crippen molar-refractivity contribution in [3.05, 3.63) is 126 Å². The fraction of sp³-hybridized carbons (Fsp3) is 0.139. The van der Waals surface area contributed by atoms with Gasteiger partial charge in [-0.15, -0.1) is 11.8 Å². The molecule has 1 unspecified atom stereocenters. The Balaban J connectivity index is 1.34. The zero-order valence-electron chi connectivity index (χ0n) is 25.0. The third-order valence-electron chi connectivity index (χ3n) is 6.93. The van der Waals surface area contributed by atoms with Gasteiger partial charge < -0.3 is 25.7 Å². The molecule has 0 bridgehead atoms. The van der Waals surface area contributed by atoms with Gasteiger partial charge in [0.1, 0.15) is 11.4 Å². The van der Waals surface area contributed by atoms with Gasteiger partial charge in [0.2, 0.25) is 5.91 Å². The molecule has 4 aromatic carbocycles. The summed E-state index contributed by atoms with van der Waals surface area (Å²) in [5, 5.41) is 9.24. The van der Waals surface area contributed by atoms with E-state index in [1.807, 2.05) is 86.6 Å². The number of hydrogen-bond donors (Lipinski definition) is 4. The molecule has 0 radical (unpaired) electrons. The van der Waals surface area contributed by atoms with E-state index in [9.17, 15) is 14.4 Å². The minimum Gasteiger partial charge on any atom is -0.492 e. The number of benzene rings is 4. The van der Waals surface area contributed by atoms with Gasteiger partial charge in [-0.2, -0.15) is 0 Å². The molecule has 0 aliphatic heterocycles. The lowest BCUT2D eigenvalue weighted by Crippen LogP contribution is -2.30. The third-order valence-corrected chi connectivity index (χ3v) is 8.29. The average Bonchev–Trinajstić information content (AvgIpc) is 3.47. The van der Waals surface area contributed by atoms with Crippen LogP contribution in [0.2, 0.25) is 0 Å². The van der Waals surface area contributed by atoms with Crippen LogP contribution in [0.1, 0.15) is 36.2 Å². The number of anilines is 2. The second-order valence-electron chi connectivity index (χ2n) is 10.1. The molecule has 0 aliphatic carbocycles. The lowest BCUT2D eigenvalue weighted by atomic mass is 10.1. The molecular formula is C36H34N4O4S. The van der Waals surface area contributed by atoms with Crippen LogP contribution >= 0.6 is 11.8 Å². The Labute approximate surface area is 266 Å². The van der Waals surface area contributed by atoms with Crippen LogP contribution in [0.4, 0.5) is 11.4 Å². The Morgan fingerprint density at radius 1 is 0.867 bits per heavy atom. The Hall–Kier alpha value is -5.28. The van der Waals surface area contributed by atoms with Crippen LogP contribution in [0.3, 0.4) is 0 Å². The minimum absolute atomic E-state index is 0.0884. The van der Waals surface area contributed by atoms with E-state index in [0.717, 1.165) is 21.4 Å². The zero-order valence-corrected chi connectivity index (χ0v) is 25.8. The average molecular weight is 619 g/mol. The fourth-order valence-electron chi connectivity index (χ4n) is 4.71. The summed E-state index contributed by atoms with van der Waals surface area (Å²) >= 11 is 1.41. The van der Waals surface area contributed by atoms with Gasteiger partial charge in [0.05, 0.1) is 17.5 Å². The number of carbonyl (C=O) groups excluding carboxylic acids is 3. The normalized spacial score (nSPS) is 11.9. The number of carbonyl (C=O) groups is 3. The van der Waals surface area contributed by atoms with Gasteiger partial charge in [0.15, 0.2) is 0 Å². The standard InChI is InChI=1S/C36H34N4O4S/c1-3-33(36(43)39-30-19-10-11-20-32(30)44-4-2)45-27-16-12-15-26(22-27)38-35(42)31(40-34(41)24-13-6-5-7-14-24)21-25-23-37-29-18-9-8-17-28(25)29/h5-23,33,37H,3-4H2,1-2H3,(H,38,42)(H,39,43)(H,40,41)/b31-21-. The molecule has 0 spiro atoms. The highest BCUT2D eigenvalue weighted by molar-refractivity contribution is 8.00. The highest BCUT2D eigenvalue weighted by Gasteiger charge is 2.21. The first-order valence-corrected chi connectivity index (χ1v) is 15.6. The second kappa shape index (κ2) is 14.9. The van der Waals surface area contributed by atoms with Crippen molar-refractivity contribution in [2.45, 2.75) is 30.4 Å². The summed E-state index contributed by atoms with van der Waals surface area (Å²) in [4.78, 5) is 43.9. The Morgan fingerprint density at radius 2 is 1.62 bits per heavy atom.